The molecule has 0 bridgehead atoms. The van der Waals surface area contributed by atoms with Crippen LogP contribution in [-0.4, -0.2) is 11.6 Å². The van der Waals surface area contributed by atoms with Crippen molar-refractivity contribution >= 4 is 11.6 Å². The van der Waals surface area contributed by atoms with Gasteiger partial charge in [-0.05, 0) is 38.5 Å². The van der Waals surface area contributed by atoms with Crippen LogP contribution in [0.4, 0.5) is 0 Å². The molecule has 0 unspecified atom stereocenters. The Hall–Kier alpha value is -0.920. The van der Waals surface area contributed by atoms with Crippen molar-refractivity contribution in [2.45, 2.75) is 83.5 Å². The number of hydrogen-bond acceptors (Lipinski definition) is 2. The van der Waals surface area contributed by atoms with Crippen LogP contribution in [0.25, 0.3) is 0 Å². The Labute approximate surface area is 117 Å². The van der Waals surface area contributed by atoms with E-state index < -0.39 is 0 Å². The van der Waals surface area contributed by atoms with Crippen LogP contribution in [0.15, 0.2) is 12.2 Å². The van der Waals surface area contributed by atoms with Crippen LogP contribution in [0.1, 0.15) is 83.5 Å². The van der Waals surface area contributed by atoms with E-state index in [2.05, 4.69) is 12.2 Å². The van der Waals surface area contributed by atoms with E-state index in [9.17, 15) is 9.59 Å². The fourth-order valence-electron chi connectivity index (χ4n) is 2.49. The van der Waals surface area contributed by atoms with Gasteiger partial charge in [0.1, 0.15) is 0 Å². The molecule has 108 valence electrons. The number of carbonyl (C=O) groups is 2. The van der Waals surface area contributed by atoms with Gasteiger partial charge in [0.2, 0.25) is 0 Å². The molecule has 0 aliphatic heterocycles. The quantitative estimate of drug-likeness (QED) is 0.466. The van der Waals surface area contributed by atoms with Crippen LogP contribution < -0.4 is 0 Å². The number of ketones is 2. The maximum absolute atomic E-state index is 11.6. The molecule has 0 spiro atoms. The zero-order chi connectivity index (χ0) is 13.8. The van der Waals surface area contributed by atoms with E-state index in [4.69, 9.17) is 0 Å². The van der Waals surface area contributed by atoms with E-state index in [1.54, 1.807) is 0 Å². The highest BCUT2D eigenvalue weighted by Crippen LogP contribution is 2.11. The lowest BCUT2D eigenvalue weighted by molar-refractivity contribution is -0.136. The van der Waals surface area contributed by atoms with Crippen molar-refractivity contribution in [2.75, 3.05) is 0 Å². The molecular weight excluding hydrogens is 236 g/mol. The van der Waals surface area contributed by atoms with E-state index in [0.29, 0.717) is 12.8 Å². The first-order chi connectivity index (χ1) is 9.30. The Bertz CT molecular complexity index is 292. The summed E-state index contributed by atoms with van der Waals surface area (Å²) in [5.74, 6) is -0.268. The molecule has 0 aromatic rings. The van der Waals surface area contributed by atoms with Gasteiger partial charge in [-0.2, -0.15) is 0 Å². The van der Waals surface area contributed by atoms with E-state index in [0.717, 1.165) is 32.1 Å². The summed E-state index contributed by atoms with van der Waals surface area (Å²) in [7, 11) is 0. The predicted molar refractivity (Wildman–Crippen MR) is 79.2 cm³/mol. The maximum Gasteiger partial charge on any atom is 0.198 e. The average molecular weight is 264 g/mol. The second-order valence-corrected chi connectivity index (χ2v) is 5.58. The summed E-state index contributed by atoms with van der Waals surface area (Å²) in [6.07, 6.45) is 17.9. The third-order valence-corrected chi connectivity index (χ3v) is 3.78. The van der Waals surface area contributed by atoms with Crippen molar-refractivity contribution in [3.05, 3.63) is 12.2 Å². The van der Waals surface area contributed by atoms with Gasteiger partial charge >= 0.3 is 0 Å². The van der Waals surface area contributed by atoms with Crippen LogP contribution in [0.3, 0.4) is 0 Å². The molecule has 1 aliphatic carbocycles. The molecule has 0 aromatic heterocycles. The SMILES string of the molecule is O=C1CCCCCCC=CCCCCCCCC1=O. The van der Waals surface area contributed by atoms with Gasteiger partial charge in [-0.1, -0.05) is 44.3 Å². The van der Waals surface area contributed by atoms with Crippen molar-refractivity contribution in [2.24, 2.45) is 0 Å². The number of rotatable bonds is 0. The van der Waals surface area contributed by atoms with Gasteiger partial charge in [0.15, 0.2) is 11.6 Å². The number of hydrogen-bond donors (Lipinski definition) is 0. The Morgan fingerprint density at radius 3 is 1.37 bits per heavy atom. The second-order valence-electron chi connectivity index (χ2n) is 5.58. The minimum absolute atomic E-state index is 0.133. The normalized spacial score (nSPS) is 22.1. The first kappa shape index (κ1) is 16.1. The smallest absolute Gasteiger partial charge is 0.198 e. The standard InChI is InChI=1S/C17H28O2/c18-16-14-12-10-8-6-4-2-1-3-5-7-9-11-13-15-17(16)19/h1-2H,3-15H2. The minimum atomic E-state index is -0.135. The Balaban J connectivity index is 2.28. The summed E-state index contributed by atoms with van der Waals surface area (Å²) in [6.45, 7) is 0. The lowest BCUT2D eigenvalue weighted by atomic mass is 10.0. The molecule has 1 aliphatic rings. The van der Waals surface area contributed by atoms with Crippen LogP contribution in [-0.2, 0) is 9.59 Å². The Morgan fingerprint density at radius 1 is 0.526 bits per heavy atom. The molecular formula is C17H28O2. The largest absolute Gasteiger partial charge is 0.291 e. The molecule has 1 rings (SSSR count). The summed E-state index contributed by atoms with van der Waals surface area (Å²) >= 11 is 0. The third-order valence-electron chi connectivity index (χ3n) is 3.78. The minimum Gasteiger partial charge on any atom is -0.291 e. The third kappa shape index (κ3) is 8.74. The maximum atomic E-state index is 11.6. The summed E-state index contributed by atoms with van der Waals surface area (Å²) in [6, 6.07) is 0. The molecule has 19 heavy (non-hydrogen) atoms. The number of allylic oxidation sites excluding steroid dienone is 2. The first-order valence-corrected chi connectivity index (χ1v) is 8.02. The van der Waals surface area contributed by atoms with Gasteiger partial charge < -0.3 is 0 Å². The molecule has 0 fully saturated rings. The number of carbonyl (C=O) groups excluding carboxylic acids is 2. The zero-order valence-electron chi connectivity index (χ0n) is 12.2. The monoisotopic (exact) mass is 264 g/mol. The summed E-state index contributed by atoms with van der Waals surface area (Å²) < 4.78 is 0. The van der Waals surface area contributed by atoms with E-state index in [1.165, 1.54) is 38.5 Å². The zero-order valence-corrected chi connectivity index (χ0v) is 12.2. The summed E-state index contributed by atoms with van der Waals surface area (Å²) in [5.41, 5.74) is 0. The van der Waals surface area contributed by atoms with Crippen molar-refractivity contribution < 1.29 is 9.59 Å². The molecule has 0 saturated heterocycles. The number of Topliss-reactive ketones (excluding diaryl/α,β-unsaturated/α-hetero) is 2. The lowest BCUT2D eigenvalue weighted by Gasteiger charge is -2.01. The van der Waals surface area contributed by atoms with Crippen LogP contribution in [0.2, 0.25) is 0 Å². The molecule has 0 radical (unpaired) electrons. The molecule has 0 amide bonds. The Morgan fingerprint density at radius 2 is 0.895 bits per heavy atom. The molecule has 0 saturated carbocycles. The van der Waals surface area contributed by atoms with Crippen LogP contribution in [0.5, 0.6) is 0 Å². The van der Waals surface area contributed by atoms with E-state index in [1.807, 2.05) is 0 Å². The van der Waals surface area contributed by atoms with Gasteiger partial charge in [-0.25, -0.2) is 0 Å². The molecule has 0 atom stereocenters. The molecule has 2 nitrogen and oxygen atoms in total. The Kier molecular flexibility index (Phi) is 9.30. The molecule has 2 heteroatoms. The predicted octanol–water partition coefficient (Wildman–Crippen LogP) is 4.77. The van der Waals surface area contributed by atoms with Crippen molar-refractivity contribution in [3.63, 3.8) is 0 Å². The summed E-state index contributed by atoms with van der Waals surface area (Å²) in [4.78, 5) is 23.2. The average Bonchev–Trinajstić information content (AvgIpc) is 2.41. The van der Waals surface area contributed by atoms with Gasteiger partial charge in [-0.15, -0.1) is 0 Å². The first-order valence-electron chi connectivity index (χ1n) is 8.02. The van der Waals surface area contributed by atoms with E-state index >= 15 is 0 Å². The highest BCUT2D eigenvalue weighted by molar-refractivity contribution is 6.37. The van der Waals surface area contributed by atoms with E-state index in [-0.39, 0.29) is 11.6 Å². The van der Waals surface area contributed by atoms with Gasteiger partial charge in [0.05, 0.1) is 0 Å². The highest BCUT2D eigenvalue weighted by Gasteiger charge is 2.12. The van der Waals surface area contributed by atoms with Gasteiger partial charge in [-0.3, -0.25) is 9.59 Å². The lowest BCUT2D eigenvalue weighted by Crippen LogP contribution is -2.13. The van der Waals surface area contributed by atoms with Crippen LogP contribution in [0, 0.1) is 0 Å². The highest BCUT2D eigenvalue weighted by atomic mass is 16.2. The fourth-order valence-corrected chi connectivity index (χ4v) is 2.49. The van der Waals surface area contributed by atoms with Gasteiger partial charge in [0, 0.05) is 12.8 Å². The van der Waals surface area contributed by atoms with Gasteiger partial charge in [0.25, 0.3) is 0 Å². The molecule has 0 N–H and O–H groups in total. The van der Waals surface area contributed by atoms with Crippen LogP contribution >= 0.6 is 0 Å². The van der Waals surface area contributed by atoms with Crippen molar-refractivity contribution in [1.82, 2.24) is 0 Å². The topological polar surface area (TPSA) is 34.1 Å². The fraction of sp³-hybridized carbons (Fsp3) is 0.765. The molecule has 0 heterocycles. The molecule has 0 aromatic carbocycles. The van der Waals surface area contributed by atoms with Crippen molar-refractivity contribution in [1.29, 1.82) is 0 Å². The van der Waals surface area contributed by atoms with Crippen molar-refractivity contribution in [3.8, 4) is 0 Å². The summed E-state index contributed by atoms with van der Waals surface area (Å²) in [5, 5.41) is 0. The second kappa shape index (κ2) is 11.0.